The molecule has 0 saturated carbocycles. The molecule has 23 heavy (non-hydrogen) atoms. The fraction of sp³-hybridized carbons (Fsp3) is 0.875. The molecule has 2 fully saturated rings. The molecule has 2 aliphatic rings. The number of amides is 1. The summed E-state index contributed by atoms with van der Waals surface area (Å²) in [6, 6.07) is 0.338. The highest BCUT2D eigenvalue weighted by Crippen LogP contribution is 2.21. The summed E-state index contributed by atoms with van der Waals surface area (Å²) in [5.74, 6) is -1.13. The zero-order valence-corrected chi connectivity index (χ0v) is 14.2. The Morgan fingerprint density at radius 3 is 2.39 bits per heavy atom. The fourth-order valence-electron chi connectivity index (χ4n) is 3.23. The third kappa shape index (κ3) is 4.89. The van der Waals surface area contributed by atoms with E-state index in [1.54, 1.807) is 0 Å². The van der Waals surface area contributed by atoms with E-state index in [2.05, 4.69) is 29.1 Å². The summed E-state index contributed by atoms with van der Waals surface area (Å²) in [5, 5.41) is 12.2. The van der Waals surface area contributed by atoms with Gasteiger partial charge in [-0.15, -0.1) is 0 Å². The predicted octanol–water partition coefficient (Wildman–Crippen LogP) is 0.153. The fourth-order valence-corrected chi connectivity index (χ4v) is 3.23. The minimum Gasteiger partial charge on any atom is -0.480 e. The van der Waals surface area contributed by atoms with Crippen LogP contribution in [0.15, 0.2) is 0 Å². The number of likely N-dealkylation sites (N-methyl/N-ethyl adjacent to an activating group) is 1. The summed E-state index contributed by atoms with van der Waals surface area (Å²) >= 11 is 0. The molecule has 0 aliphatic carbocycles. The number of piperazine rings is 1. The van der Waals surface area contributed by atoms with Crippen LogP contribution in [-0.4, -0.2) is 84.8 Å². The summed E-state index contributed by atoms with van der Waals surface area (Å²) in [5.41, 5.74) is -1.15. The molecule has 1 atom stereocenters. The molecular weight excluding hydrogens is 298 g/mol. The minimum atomic E-state index is -1.15. The normalized spacial score (nSPS) is 24.1. The van der Waals surface area contributed by atoms with Gasteiger partial charge in [-0.3, -0.25) is 9.69 Å². The maximum atomic E-state index is 12.2. The first kappa shape index (κ1) is 18.2. The average Bonchev–Trinajstić information content (AvgIpc) is 2.54. The number of carbonyl (C=O) groups excluding carboxylic acids is 1. The quantitative estimate of drug-likeness (QED) is 0.723. The van der Waals surface area contributed by atoms with Gasteiger partial charge >= 0.3 is 5.97 Å². The highest BCUT2D eigenvalue weighted by atomic mass is 16.5. The molecule has 0 aromatic carbocycles. The Hall–Kier alpha value is -1.18. The largest absolute Gasteiger partial charge is 0.480 e. The van der Waals surface area contributed by atoms with E-state index in [1.165, 1.54) is 0 Å². The Kier molecular flexibility index (Phi) is 6.38. The van der Waals surface area contributed by atoms with Gasteiger partial charge in [-0.05, 0) is 20.4 Å². The van der Waals surface area contributed by atoms with E-state index in [0.29, 0.717) is 38.5 Å². The van der Waals surface area contributed by atoms with Crippen LogP contribution in [0, 0.1) is 0 Å². The SMILES string of the molecule is C[C@@H](CCC(=O)NC1(C(=O)O)CCOCC1)N1CCN(C)CC1. The second kappa shape index (κ2) is 8.08. The lowest BCUT2D eigenvalue weighted by molar-refractivity contribution is -0.152. The van der Waals surface area contributed by atoms with Crippen molar-refractivity contribution in [2.24, 2.45) is 0 Å². The number of carboxylic acids is 1. The molecule has 2 heterocycles. The average molecular weight is 327 g/mol. The van der Waals surface area contributed by atoms with Crippen molar-refractivity contribution in [1.82, 2.24) is 15.1 Å². The predicted molar refractivity (Wildman–Crippen MR) is 86.3 cm³/mol. The van der Waals surface area contributed by atoms with E-state index in [0.717, 1.165) is 32.6 Å². The van der Waals surface area contributed by atoms with E-state index in [9.17, 15) is 14.7 Å². The third-order valence-corrected chi connectivity index (χ3v) is 5.08. The van der Waals surface area contributed by atoms with Crippen LogP contribution in [0.4, 0.5) is 0 Å². The maximum Gasteiger partial charge on any atom is 0.329 e. The third-order valence-electron chi connectivity index (χ3n) is 5.08. The lowest BCUT2D eigenvalue weighted by Crippen LogP contribution is -2.57. The van der Waals surface area contributed by atoms with Gasteiger partial charge in [0.15, 0.2) is 0 Å². The van der Waals surface area contributed by atoms with Gasteiger partial charge in [0, 0.05) is 64.7 Å². The van der Waals surface area contributed by atoms with Crippen LogP contribution in [0.2, 0.25) is 0 Å². The summed E-state index contributed by atoms with van der Waals surface area (Å²) < 4.78 is 5.22. The molecule has 0 spiro atoms. The van der Waals surface area contributed by atoms with Crippen molar-refractivity contribution in [1.29, 1.82) is 0 Å². The highest BCUT2D eigenvalue weighted by Gasteiger charge is 2.41. The summed E-state index contributed by atoms with van der Waals surface area (Å²) in [6.07, 6.45) is 1.79. The van der Waals surface area contributed by atoms with Crippen LogP contribution in [-0.2, 0) is 14.3 Å². The number of nitrogens with zero attached hydrogens (tertiary/aromatic N) is 2. The number of hydrogen-bond acceptors (Lipinski definition) is 5. The van der Waals surface area contributed by atoms with Gasteiger partial charge in [-0.2, -0.15) is 0 Å². The Balaban J connectivity index is 1.78. The van der Waals surface area contributed by atoms with E-state index < -0.39 is 11.5 Å². The van der Waals surface area contributed by atoms with Gasteiger partial charge in [0.1, 0.15) is 5.54 Å². The van der Waals surface area contributed by atoms with Crippen LogP contribution >= 0.6 is 0 Å². The van der Waals surface area contributed by atoms with Crippen molar-refractivity contribution < 1.29 is 19.4 Å². The molecular formula is C16H29N3O4. The van der Waals surface area contributed by atoms with E-state index >= 15 is 0 Å². The molecule has 2 aliphatic heterocycles. The summed E-state index contributed by atoms with van der Waals surface area (Å²) in [7, 11) is 2.12. The summed E-state index contributed by atoms with van der Waals surface area (Å²) in [6.45, 7) is 7.05. The lowest BCUT2D eigenvalue weighted by Gasteiger charge is -2.37. The van der Waals surface area contributed by atoms with Gasteiger partial charge in [0.05, 0.1) is 0 Å². The van der Waals surface area contributed by atoms with E-state index in [-0.39, 0.29) is 5.91 Å². The lowest BCUT2D eigenvalue weighted by atomic mass is 9.90. The van der Waals surface area contributed by atoms with Crippen molar-refractivity contribution in [2.45, 2.75) is 44.2 Å². The molecule has 1 amide bonds. The smallest absolute Gasteiger partial charge is 0.329 e. The highest BCUT2D eigenvalue weighted by molar-refractivity contribution is 5.87. The van der Waals surface area contributed by atoms with Gasteiger partial charge in [0.2, 0.25) is 5.91 Å². The molecule has 7 heteroatoms. The monoisotopic (exact) mass is 327 g/mol. The molecule has 132 valence electrons. The Morgan fingerprint density at radius 2 is 1.83 bits per heavy atom. The topological polar surface area (TPSA) is 82.1 Å². The molecule has 2 rings (SSSR count). The zero-order valence-electron chi connectivity index (χ0n) is 14.2. The number of carbonyl (C=O) groups is 2. The van der Waals surface area contributed by atoms with Gasteiger partial charge in [-0.1, -0.05) is 0 Å². The molecule has 0 radical (unpaired) electrons. The van der Waals surface area contributed by atoms with Gasteiger partial charge in [0.25, 0.3) is 0 Å². The van der Waals surface area contributed by atoms with E-state index in [1.807, 2.05) is 0 Å². The van der Waals surface area contributed by atoms with Crippen molar-refractivity contribution >= 4 is 11.9 Å². The number of nitrogens with one attached hydrogen (secondary N) is 1. The van der Waals surface area contributed by atoms with Crippen molar-refractivity contribution in [3.05, 3.63) is 0 Å². The first-order chi connectivity index (χ1) is 10.9. The first-order valence-electron chi connectivity index (χ1n) is 8.48. The molecule has 7 nitrogen and oxygen atoms in total. The second-order valence-electron chi connectivity index (χ2n) is 6.77. The van der Waals surface area contributed by atoms with Crippen molar-refractivity contribution in [2.75, 3.05) is 46.4 Å². The maximum absolute atomic E-state index is 12.2. The van der Waals surface area contributed by atoms with Gasteiger partial charge in [-0.25, -0.2) is 4.79 Å². The van der Waals surface area contributed by atoms with E-state index in [4.69, 9.17) is 4.74 Å². The van der Waals surface area contributed by atoms with Crippen LogP contribution in [0.5, 0.6) is 0 Å². The Labute approximate surface area is 138 Å². The Morgan fingerprint density at radius 1 is 1.22 bits per heavy atom. The molecule has 2 saturated heterocycles. The van der Waals surface area contributed by atoms with Crippen molar-refractivity contribution in [3.8, 4) is 0 Å². The second-order valence-corrected chi connectivity index (χ2v) is 6.77. The van der Waals surface area contributed by atoms with Crippen molar-refractivity contribution in [3.63, 3.8) is 0 Å². The molecule has 0 unspecified atom stereocenters. The Bertz CT molecular complexity index is 416. The number of ether oxygens (including phenoxy) is 1. The number of hydrogen-bond donors (Lipinski definition) is 2. The molecule has 0 aromatic rings. The zero-order chi connectivity index (χ0) is 16.9. The first-order valence-corrected chi connectivity index (χ1v) is 8.48. The van der Waals surface area contributed by atoms with Crippen LogP contribution in [0.1, 0.15) is 32.6 Å². The summed E-state index contributed by atoms with van der Waals surface area (Å²) in [4.78, 5) is 28.5. The van der Waals surface area contributed by atoms with Crippen LogP contribution in [0.25, 0.3) is 0 Å². The van der Waals surface area contributed by atoms with Gasteiger partial charge < -0.3 is 20.1 Å². The molecule has 2 N–H and O–H groups in total. The van der Waals surface area contributed by atoms with Crippen LogP contribution < -0.4 is 5.32 Å². The standard InChI is InChI=1S/C16H29N3O4/c1-13(19-9-7-18(2)8-10-19)3-4-14(20)17-16(15(21)22)5-11-23-12-6-16/h13H,3-12H2,1-2H3,(H,17,20)(H,21,22)/t13-/m0/s1. The molecule has 0 aromatic heterocycles. The van der Waals surface area contributed by atoms with Crippen LogP contribution in [0.3, 0.4) is 0 Å². The minimum absolute atomic E-state index is 0.171. The number of aliphatic carboxylic acids is 1. The molecule has 0 bridgehead atoms. The number of carboxylic acid groups (broad SMARTS) is 1. The number of rotatable bonds is 6.